The van der Waals surface area contributed by atoms with Gasteiger partial charge in [-0.3, -0.25) is 4.79 Å². The van der Waals surface area contributed by atoms with E-state index in [1.165, 1.54) is 17.0 Å². The maximum Gasteiger partial charge on any atom is 0.375 e. The topological polar surface area (TPSA) is 59.8 Å². The van der Waals surface area contributed by atoms with Crippen LogP contribution >= 0.6 is 0 Å². The molecule has 3 aromatic rings. The second kappa shape index (κ2) is 7.00. The van der Waals surface area contributed by atoms with E-state index >= 15 is 0 Å². The summed E-state index contributed by atoms with van der Waals surface area (Å²) in [5.41, 5.74) is 1.00. The summed E-state index contributed by atoms with van der Waals surface area (Å²) in [6.07, 6.45) is -1.11. The van der Waals surface area contributed by atoms with Crippen LogP contribution in [-0.4, -0.2) is 30.9 Å². The molecule has 1 aromatic heterocycles. The number of halogens is 1. The molecule has 134 valence electrons. The number of aryl methyl sites for hydroxylation is 1. The van der Waals surface area contributed by atoms with E-state index in [0.717, 1.165) is 0 Å². The number of carbonyl (C=O) groups excluding carboxylic acids is 2. The first-order valence-corrected chi connectivity index (χ1v) is 8.05. The quantitative estimate of drug-likeness (QED) is 0.667. The summed E-state index contributed by atoms with van der Waals surface area (Å²) in [4.78, 5) is 26.5. The number of benzene rings is 2. The van der Waals surface area contributed by atoms with Gasteiger partial charge in [0.25, 0.3) is 5.91 Å². The zero-order chi connectivity index (χ0) is 18.8. The SMILES string of the molecule is Cc1c(C(=O)OC(C(=O)N(C)C)c2ccccc2)oc2c(F)cccc12. The smallest absolute Gasteiger partial charge is 0.375 e. The number of esters is 1. The van der Waals surface area contributed by atoms with Crippen molar-refractivity contribution in [2.75, 3.05) is 14.1 Å². The summed E-state index contributed by atoms with van der Waals surface area (Å²) in [7, 11) is 3.15. The Balaban J connectivity index is 1.97. The van der Waals surface area contributed by atoms with E-state index in [4.69, 9.17) is 9.15 Å². The highest BCUT2D eigenvalue weighted by Gasteiger charge is 2.29. The zero-order valence-electron chi connectivity index (χ0n) is 14.7. The Bertz CT molecular complexity index is 963. The number of nitrogens with zero attached hydrogens (tertiary/aromatic N) is 1. The number of furan rings is 1. The number of carbonyl (C=O) groups is 2. The van der Waals surface area contributed by atoms with Crippen molar-refractivity contribution in [2.45, 2.75) is 13.0 Å². The van der Waals surface area contributed by atoms with Gasteiger partial charge >= 0.3 is 5.97 Å². The summed E-state index contributed by atoms with van der Waals surface area (Å²) in [5, 5.41) is 0.493. The standard InChI is InChI=1S/C20H18FNO4/c1-12-14-10-7-11-15(21)18(14)25-16(12)20(24)26-17(19(23)22(2)3)13-8-5-4-6-9-13/h4-11,17H,1-3H3. The second-order valence-electron chi connectivity index (χ2n) is 6.10. The summed E-state index contributed by atoms with van der Waals surface area (Å²) in [5.74, 6) is -1.88. The van der Waals surface area contributed by atoms with Crippen LogP contribution in [0.3, 0.4) is 0 Å². The number of para-hydroxylation sites is 1. The predicted octanol–water partition coefficient (Wildman–Crippen LogP) is 3.87. The molecule has 0 fully saturated rings. The highest BCUT2D eigenvalue weighted by Crippen LogP contribution is 2.29. The lowest BCUT2D eigenvalue weighted by Crippen LogP contribution is -2.31. The highest BCUT2D eigenvalue weighted by molar-refractivity contribution is 5.97. The summed E-state index contributed by atoms with van der Waals surface area (Å²) >= 11 is 0. The fourth-order valence-corrected chi connectivity index (χ4v) is 2.69. The Labute approximate surface area is 150 Å². The van der Waals surface area contributed by atoms with Crippen LogP contribution in [-0.2, 0) is 9.53 Å². The molecule has 1 atom stereocenters. The van der Waals surface area contributed by atoms with Gasteiger partial charge in [0.1, 0.15) is 0 Å². The number of likely N-dealkylation sites (N-methyl/N-ethyl adjacent to an activating group) is 1. The van der Waals surface area contributed by atoms with Crippen LogP contribution in [0.5, 0.6) is 0 Å². The highest BCUT2D eigenvalue weighted by atomic mass is 19.1. The van der Waals surface area contributed by atoms with Crippen molar-refractivity contribution in [2.24, 2.45) is 0 Å². The third-order valence-corrected chi connectivity index (χ3v) is 4.09. The molecule has 6 heteroatoms. The van der Waals surface area contributed by atoms with Crippen LogP contribution in [0, 0.1) is 12.7 Å². The van der Waals surface area contributed by atoms with E-state index in [1.54, 1.807) is 57.4 Å². The lowest BCUT2D eigenvalue weighted by molar-refractivity contribution is -0.138. The molecule has 0 saturated carbocycles. The number of fused-ring (bicyclic) bond motifs is 1. The van der Waals surface area contributed by atoms with Crippen LogP contribution in [0.4, 0.5) is 4.39 Å². The van der Waals surface area contributed by atoms with E-state index in [2.05, 4.69) is 0 Å². The molecular weight excluding hydrogens is 337 g/mol. The van der Waals surface area contributed by atoms with E-state index in [0.29, 0.717) is 16.5 Å². The van der Waals surface area contributed by atoms with Gasteiger partial charge in [0.2, 0.25) is 11.9 Å². The van der Waals surface area contributed by atoms with Crippen LogP contribution in [0.1, 0.15) is 27.8 Å². The van der Waals surface area contributed by atoms with Crippen molar-refractivity contribution in [1.29, 1.82) is 0 Å². The minimum absolute atomic E-state index is 0.00727. The minimum Gasteiger partial charge on any atom is -0.446 e. The second-order valence-corrected chi connectivity index (χ2v) is 6.10. The first-order valence-electron chi connectivity index (χ1n) is 8.05. The normalized spacial score (nSPS) is 12.0. The van der Waals surface area contributed by atoms with Crippen molar-refractivity contribution >= 4 is 22.8 Å². The molecule has 0 saturated heterocycles. The fraction of sp³-hybridized carbons (Fsp3) is 0.200. The molecule has 5 nitrogen and oxygen atoms in total. The molecular formula is C20H18FNO4. The number of amides is 1. The lowest BCUT2D eigenvalue weighted by atomic mass is 10.1. The molecule has 0 bridgehead atoms. The molecule has 1 amide bonds. The molecule has 0 N–H and O–H groups in total. The Morgan fingerprint density at radius 3 is 2.38 bits per heavy atom. The van der Waals surface area contributed by atoms with Crippen LogP contribution in [0.15, 0.2) is 52.9 Å². The minimum atomic E-state index is -1.11. The van der Waals surface area contributed by atoms with Crippen molar-refractivity contribution in [1.82, 2.24) is 4.90 Å². The van der Waals surface area contributed by atoms with Crippen LogP contribution < -0.4 is 0 Å². The third kappa shape index (κ3) is 3.18. The summed E-state index contributed by atoms with van der Waals surface area (Å²) in [6, 6.07) is 13.2. The molecule has 0 aliphatic heterocycles. The van der Waals surface area contributed by atoms with Crippen LogP contribution in [0.25, 0.3) is 11.0 Å². The third-order valence-electron chi connectivity index (χ3n) is 4.09. The zero-order valence-corrected chi connectivity index (χ0v) is 14.7. The van der Waals surface area contributed by atoms with E-state index in [9.17, 15) is 14.0 Å². The molecule has 0 aliphatic rings. The maximum absolute atomic E-state index is 13.9. The van der Waals surface area contributed by atoms with Gasteiger partial charge in [-0.2, -0.15) is 0 Å². The molecule has 1 unspecified atom stereocenters. The lowest BCUT2D eigenvalue weighted by Gasteiger charge is -2.20. The summed E-state index contributed by atoms with van der Waals surface area (Å²) in [6.45, 7) is 1.65. The number of rotatable bonds is 4. The van der Waals surface area contributed by atoms with Gasteiger partial charge in [0.05, 0.1) is 0 Å². The van der Waals surface area contributed by atoms with Gasteiger partial charge in [-0.05, 0) is 13.0 Å². The van der Waals surface area contributed by atoms with Gasteiger partial charge in [-0.15, -0.1) is 0 Å². The van der Waals surface area contributed by atoms with Crippen molar-refractivity contribution in [3.8, 4) is 0 Å². The number of hydrogen-bond donors (Lipinski definition) is 0. The molecule has 3 rings (SSSR count). The molecule has 0 radical (unpaired) electrons. The number of ether oxygens (including phenoxy) is 1. The summed E-state index contributed by atoms with van der Waals surface area (Å²) < 4.78 is 24.7. The Hall–Kier alpha value is -3.15. The maximum atomic E-state index is 13.9. The van der Waals surface area contributed by atoms with E-state index in [1.807, 2.05) is 0 Å². The predicted molar refractivity (Wildman–Crippen MR) is 94.2 cm³/mol. The Kier molecular flexibility index (Phi) is 4.75. The molecule has 1 heterocycles. The van der Waals surface area contributed by atoms with Gasteiger partial charge in [0, 0.05) is 30.6 Å². The van der Waals surface area contributed by atoms with Crippen molar-refractivity contribution in [3.05, 3.63) is 71.2 Å². The average molecular weight is 355 g/mol. The van der Waals surface area contributed by atoms with E-state index in [-0.39, 0.29) is 17.3 Å². The fourth-order valence-electron chi connectivity index (χ4n) is 2.69. The largest absolute Gasteiger partial charge is 0.446 e. The molecule has 2 aromatic carbocycles. The van der Waals surface area contributed by atoms with Gasteiger partial charge < -0.3 is 14.1 Å². The van der Waals surface area contributed by atoms with Crippen LogP contribution in [0.2, 0.25) is 0 Å². The monoisotopic (exact) mass is 355 g/mol. The Morgan fingerprint density at radius 2 is 1.77 bits per heavy atom. The van der Waals surface area contributed by atoms with E-state index < -0.39 is 17.9 Å². The van der Waals surface area contributed by atoms with Crippen molar-refractivity contribution < 1.29 is 23.1 Å². The van der Waals surface area contributed by atoms with Gasteiger partial charge in [-0.25, -0.2) is 9.18 Å². The number of hydrogen-bond acceptors (Lipinski definition) is 4. The molecule has 0 aliphatic carbocycles. The van der Waals surface area contributed by atoms with Crippen molar-refractivity contribution in [3.63, 3.8) is 0 Å². The average Bonchev–Trinajstić information content (AvgIpc) is 2.98. The Morgan fingerprint density at radius 1 is 1.08 bits per heavy atom. The van der Waals surface area contributed by atoms with Gasteiger partial charge in [0.15, 0.2) is 11.4 Å². The molecule has 0 spiro atoms. The first kappa shape index (κ1) is 17.7. The first-order chi connectivity index (χ1) is 12.4. The van der Waals surface area contributed by atoms with Gasteiger partial charge in [-0.1, -0.05) is 42.5 Å². The molecule has 26 heavy (non-hydrogen) atoms.